The van der Waals surface area contributed by atoms with Gasteiger partial charge in [-0.15, -0.1) is 0 Å². The van der Waals surface area contributed by atoms with E-state index in [0.717, 1.165) is 5.56 Å². The standard InChI is InChI=1S/C18H18FN3O2/c1-20-16(23)11-22-15-6-4-3-5-14(15)18(24)21(2)17(22)12-7-9-13(19)10-8-12/h3-10,17H,11H2,1-2H3,(H,20,23)/t17-/m1/s1. The van der Waals surface area contributed by atoms with E-state index in [9.17, 15) is 14.0 Å². The predicted molar refractivity (Wildman–Crippen MR) is 89.1 cm³/mol. The zero-order valence-corrected chi connectivity index (χ0v) is 13.5. The Morgan fingerprint density at radius 2 is 1.83 bits per heavy atom. The molecule has 1 atom stereocenters. The Kier molecular flexibility index (Phi) is 4.20. The van der Waals surface area contributed by atoms with Gasteiger partial charge in [0, 0.05) is 14.1 Å². The Morgan fingerprint density at radius 3 is 2.50 bits per heavy atom. The molecular formula is C18H18FN3O2. The van der Waals surface area contributed by atoms with Crippen LogP contribution in [0.25, 0.3) is 0 Å². The molecule has 0 saturated carbocycles. The number of likely N-dealkylation sites (N-methyl/N-ethyl adjacent to an activating group) is 1. The van der Waals surface area contributed by atoms with Gasteiger partial charge in [-0.2, -0.15) is 0 Å². The van der Waals surface area contributed by atoms with Gasteiger partial charge in [0.2, 0.25) is 5.91 Å². The summed E-state index contributed by atoms with van der Waals surface area (Å²) < 4.78 is 13.3. The fraction of sp³-hybridized carbons (Fsp3) is 0.222. The molecular weight excluding hydrogens is 309 g/mol. The van der Waals surface area contributed by atoms with Crippen LogP contribution < -0.4 is 10.2 Å². The number of nitrogens with one attached hydrogen (secondary N) is 1. The fourth-order valence-corrected chi connectivity index (χ4v) is 2.99. The van der Waals surface area contributed by atoms with Crippen LogP contribution in [0.3, 0.4) is 0 Å². The first-order valence-electron chi connectivity index (χ1n) is 7.62. The van der Waals surface area contributed by atoms with Crippen molar-refractivity contribution in [3.8, 4) is 0 Å². The maximum Gasteiger partial charge on any atom is 0.257 e. The minimum Gasteiger partial charge on any atom is -0.358 e. The zero-order chi connectivity index (χ0) is 17.3. The van der Waals surface area contributed by atoms with Gasteiger partial charge in [-0.3, -0.25) is 9.59 Å². The quantitative estimate of drug-likeness (QED) is 0.940. The molecule has 0 fully saturated rings. The molecule has 1 N–H and O–H groups in total. The first-order valence-corrected chi connectivity index (χ1v) is 7.62. The normalized spacial score (nSPS) is 16.8. The van der Waals surface area contributed by atoms with E-state index in [2.05, 4.69) is 5.32 Å². The molecule has 0 bridgehead atoms. The summed E-state index contributed by atoms with van der Waals surface area (Å²) in [7, 11) is 3.25. The van der Waals surface area contributed by atoms with E-state index in [4.69, 9.17) is 0 Å². The van der Waals surface area contributed by atoms with Crippen molar-refractivity contribution >= 4 is 17.5 Å². The summed E-state index contributed by atoms with van der Waals surface area (Å²) in [5, 5.41) is 2.61. The van der Waals surface area contributed by atoms with Gasteiger partial charge >= 0.3 is 0 Å². The molecule has 0 unspecified atom stereocenters. The van der Waals surface area contributed by atoms with E-state index in [1.807, 2.05) is 17.0 Å². The zero-order valence-electron chi connectivity index (χ0n) is 13.5. The Hall–Kier alpha value is -2.89. The van der Waals surface area contributed by atoms with Crippen molar-refractivity contribution in [2.75, 3.05) is 25.5 Å². The van der Waals surface area contributed by atoms with E-state index in [-0.39, 0.29) is 24.2 Å². The third-order valence-corrected chi connectivity index (χ3v) is 4.19. The second-order valence-corrected chi connectivity index (χ2v) is 5.66. The number of hydrogen-bond donors (Lipinski definition) is 1. The van der Waals surface area contributed by atoms with Crippen molar-refractivity contribution in [1.29, 1.82) is 0 Å². The SMILES string of the molecule is CNC(=O)CN1c2ccccc2C(=O)N(C)[C@H]1c1ccc(F)cc1. The topological polar surface area (TPSA) is 52.7 Å². The fourth-order valence-electron chi connectivity index (χ4n) is 2.99. The molecule has 6 heteroatoms. The van der Waals surface area contributed by atoms with Crippen LogP contribution in [0.15, 0.2) is 48.5 Å². The second-order valence-electron chi connectivity index (χ2n) is 5.66. The molecule has 5 nitrogen and oxygen atoms in total. The number of rotatable bonds is 3. The first kappa shape index (κ1) is 16.0. The van der Waals surface area contributed by atoms with Crippen LogP contribution in [0.2, 0.25) is 0 Å². The highest BCUT2D eigenvalue weighted by atomic mass is 19.1. The monoisotopic (exact) mass is 327 g/mol. The van der Waals surface area contributed by atoms with Gasteiger partial charge in [0.05, 0.1) is 17.8 Å². The van der Waals surface area contributed by atoms with Crippen molar-refractivity contribution in [3.05, 3.63) is 65.5 Å². The van der Waals surface area contributed by atoms with Crippen LogP contribution in [-0.2, 0) is 4.79 Å². The molecule has 0 aromatic heterocycles. The average molecular weight is 327 g/mol. The van der Waals surface area contributed by atoms with Crippen LogP contribution in [0.1, 0.15) is 22.1 Å². The number of carbonyl (C=O) groups excluding carboxylic acids is 2. The molecule has 3 rings (SSSR count). The first-order chi connectivity index (χ1) is 11.5. The lowest BCUT2D eigenvalue weighted by Crippen LogP contribution is -2.50. The Labute approximate surface area is 139 Å². The highest BCUT2D eigenvalue weighted by Crippen LogP contribution is 2.37. The maximum atomic E-state index is 13.3. The third-order valence-electron chi connectivity index (χ3n) is 4.19. The number of carbonyl (C=O) groups is 2. The number of nitrogens with zero attached hydrogens (tertiary/aromatic N) is 2. The van der Waals surface area contributed by atoms with E-state index >= 15 is 0 Å². The van der Waals surface area contributed by atoms with Crippen LogP contribution in [0, 0.1) is 5.82 Å². The van der Waals surface area contributed by atoms with E-state index in [1.165, 1.54) is 12.1 Å². The molecule has 24 heavy (non-hydrogen) atoms. The van der Waals surface area contributed by atoms with Crippen LogP contribution in [0.4, 0.5) is 10.1 Å². The minimum atomic E-state index is -0.481. The van der Waals surface area contributed by atoms with Gasteiger partial charge < -0.3 is 15.1 Å². The van der Waals surface area contributed by atoms with Gasteiger partial charge in [-0.1, -0.05) is 24.3 Å². The van der Waals surface area contributed by atoms with Gasteiger partial charge in [0.25, 0.3) is 5.91 Å². The summed E-state index contributed by atoms with van der Waals surface area (Å²) in [6.45, 7) is 0.0905. The van der Waals surface area contributed by atoms with Gasteiger partial charge in [-0.25, -0.2) is 4.39 Å². The molecule has 0 aliphatic carbocycles. The summed E-state index contributed by atoms with van der Waals surface area (Å²) in [6, 6.07) is 13.2. The Balaban J connectivity index is 2.12. The molecule has 2 aromatic carbocycles. The molecule has 1 heterocycles. The van der Waals surface area contributed by atoms with E-state index in [0.29, 0.717) is 11.3 Å². The average Bonchev–Trinajstić information content (AvgIpc) is 2.60. The van der Waals surface area contributed by atoms with Crippen LogP contribution in [0.5, 0.6) is 0 Å². The molecule has 2 aromatic rings. The molecule has 0 radical (unpaired) electrons. The van der Waals surface area contributed by atoms with Crippen LogP contribution in [-0.4, -0.2) is 37.4 Å². The minimum absolute atomic E-state index is 0.0905. The number of halogens is 1. The lowest BCUT2D eigenvalue weighted by Gasteiger charge is -2.43. The molecule has 0 saturated heterocycles. The smallest absolute Gasteiger partial charge is 0.257 e. The summed E-state index contributed by atoms with van der Waals surface area (Å²) in [6.07, 6.45) is -0.481. The highest BCUT2D eigenvalue weighted by molar-refractivity contribution is 6.02. The predicted octanol–water partition coefficient (Wildman–Crippen LogP) is 2.16. The largest absolute Gasteiger partial charge is 0.358 e. The third kappa shape index (κ3) is 2.71. The Morgan fingerprint density at radius 1 is 1.17 bits per heavy atom. The number of hydrogen-bond acceptors (Lipinski definition) is 3. The number of amides is 2. The summed E-state index contributed by atoms with van der Waals surface area (Å²) >= 11 is 0. The number of anilines is 1. The van der Waals surface area contributed by atoms with Crippen molar-refractivity contribution in [1.82, 2.24) is 10.2 Å². The second kappa shape index (κ2) is 6.31. The van der Waals surface area contributed by atoms with Crippen molar-refractivity contribution < 1.29 is 14.0 Å². The molecule has 0 spiro atoms. The summed E-state index contributed by atoms with van der Waals surface area (Å²) in [4.78, 5) is 28.1. The highest BCUT2D eigenvalue weighted by Gasteiger charge is 2.36. The van der Waals surface area contributed by atoms with Crippen molar-refractivity contribution in [2.45, 2.75) is 6.17 Å². The van der Waals surface area contributed by atoms with Gasteiger partial charge in [0.15, 0.2) is 0 Å². The number of benzene rings is 2. The van der Waals surface area contributed by atoms with Crippen molar-refractivity contribution in [3.63, 3.8) is 0 Å². The summed E-state index contributed by atoms with van der Waals surface area (Å²) in [5.41, 5.74) is 1.98. The number of fused-ring (bicyclic) bond motifs is 1. The lowest BCUT2D eigenvalue weighted by molar-refractivity contribution is -0.119. The molecule has 2 amide bonds. The molecule has 124 valence electrons. The van der Waals surface area contributed by atoms with Gasteiger partial charge in [0.1, 0.15) is 12.0 Å². The maximum absolute atomic E-state index is 13.3. The molecule has 1 aliphatic heterocycles. The van der Waals surface area contributed by atoms with E-state index in [1.54, 1.807) is 43.3 Å². The summed E-state index contributed by atoms with van der Waals surface area (Å²) in [5.74, 6) is -0.644. The van der Waals surface area contributed by atoms with Gasteiger partial charge in [-0.05, 0) is 29.8 Å². The number of para-hydroxylation sites is 1. The van der Waals surface area contributed by atoms with Crippen molar-refractivity contribution in [2.24, 2.45) is 0 Å². The van der Waals surface area contributed by atoms with E-state index < -0.39 is 6.17 Å². The molecule has 1 aliphatic rings. The lowest BCUT2D eigenvalue weighted by atomic mass is 10.0. The Bertz CT molecular complexity index is 776. The van der Waals surface area contributed by atoms with Crippen LogP contribution >= 0.6 is 0 Å².